The molecule has 0 saturated heterocycles. The van der Waals surface area contributed by atoms with E-state index in [1.807, 2.05) is 52.8 Å². The number of nitrogens with zero attached hydrogens (tertiary/aromatic N) is 4. The van der Waals surface area contributed by atoms with Gasteiger partial charge in [0.15, 0.2) is 0 Å². The molecule has 24 heavy (non-hydrogen) atoms. The first-order valence-electron chi connectivity index (χ1n) is 8.03. The molecule has 3 aromatic rings. The molecule has 2 amide bonds. The second-order valence-electron chi connectivity index (χ2n) is 6.10. The van der Waals surface area contributed by atoms with Crippen LogP contribution >= 0.6 is 0 Å². The van der Waals surface area contributed by atoms with Crippen LogP contribution in [-0.4, -0.2) is 31.7 Å². The van der Waals surface area contributed by atoms with Crippen molar-refractivity contribution in [3.63, 3.8) is 0 Å². The Labute approximate surface area is 140 Å². The molecule has 0 radical (unpaired) electrons. The maximum Gasteiger partial charge on any atom is 0.315 e. The molecule has 7 nitrogen and oxygen atoms in total. The zero-order chi connectivity index (χ0) is 16.9. The minimum atomic E-state index is -0.185. The van der Waals surface area contributed by atoms with E-state index in [-0.39, 0.29) is 6.03 Å². The summed E-state index contributed by atoms with van der Waals surface area (Å²) in [6, 6.07) is 5.70. The van der Waals surface area contributed by atoms with Gasteiger partial charge in [0.2, 0.25) is 0 Å². The SMILES string of the molecule is Cc1ccc2nc(CNC(=O)NCC(C)Cn3cccn3)cn2c1. The summed E-state index contributed by atoms with van der Waals surface area (Å²) in [7, 11) is 0. The van der Waals surface area contributed by atoms with E-state index in [1.54, 1.807) is 6.20 Å². The van der Waals surface area contributed by atoms with E-state index in [0.29, 0.717) is 19.0 Å². The largest absolute Gasteiger partial charge is 0.338 e. The lowest BCUT2D eigenvalue weighted by Crippen LogP contribution is -2.38. The topological polar surface area (TPSA) is 76.2 Å². The average molecular weight is 326 g/mol. The maximum absolute atomic E-state index is 11.9. The summed E-state index contributed by atoms with van der Waals surface area (Å²) in [6.07, 6.45) is 7.62. The van der Waals surface area contributed by atoms with Gasteiger partial charge < -0.3 is 15.0 Å². The molecule has 2 N–H and O–H groups in total. The van der Waals surface area contributed by atoms with Crippen molar-refractivity contribution in [1.29, 1.82) is 0 Å². The summed E-state index contributed by atoms with van der Waals surface area (Å²) in [6.45, 7) is 5.89. The van der Waals surface area contributed by atoms with E-state index in [2.05, 4.69) is 27.6 Å². The zero-order valence-corrected chi connectivity index (χ0v) is 13.9. The predicted molar refractivity (Wildman–Crippen MR) is 91.6 cm³/mol. The number of urea groups is 1. The van der Waals surface area contributed by atoms with Gasteiger partial charge in [-0.2, -0.15) is 5.10 Å². The van der Waals surface area contributed by atoms with E-state index in [1.165, 1.54) is 5.56 Å². The van der Waals surface area contributed by atoms with Crippen molar-refractivity contribution in [2.75, 3.05) is 6.54 Å². The molecule has 7 heteroatoms. The Hall–Kier alpha value is -2.83. The Bertz CT molecular complexity index is 808. The average Bonchev–Trinajstić information content (AvgIpc) is 3.19. The highest BCUT2D eigenvalue weighted by molar-refractivity contribution is 5.73. The van der Waals surface area contributed by atoms with Crippen molar-refractivity contribution in [1.82, 2.24) is 29.8 Å². The van der Waals surface area contributed by atoms with Crippen LogP contribution in [0.3, 0.4) is 0 Å². The zero-order valence-electron chi connectivity index (χ0n) is 13.9. The smallest absolute Gasteiger partial charge is 0.315 e. The summed E-state index contributed by atoms with van der Waals surface area (Å²) in [5, 5.41) is 9.89. The first-order valence-corrected chi connectivity index (χ1v) is 8.03. The molecule has 0 saturated carbocycles. The Morgan fingerprint density at radius 2 is 2.17 bits per heavy atom. The molecule has 3 aromatic heterocycles. The predicted octanol–water partition coefficient (Wildman–Crippen LogP) is 1.97. The summed E-state index contributed by atoms with van der Waals surface area (Å²) < 4.78 is 3.83. The van der Waals surface area contributed by atoms with Gasteiger partial charge in [0.05, 0.1) is 12.2 Å². The molecule has 1 atom stereocenters. The molecule has 0 aliphatic rings. The number of amides is 2. The molecule has 0 aliphatic heterocycles. The van der Waals surface area contributed by atoms with Gasteiger partial charge in [0, 0.05) is 37.9 Å². The number of carbonyl (C=O) groups excluding carboxylic acids is 1. The van der Waals surface area contributed by atoms with Crippen molar-refractivity contribution in [3.8, 4) is 0 Å². The van der Waals surface area contributed by atoms with Crippen LogP contribution in [-0.2, 0) is 13.1 Å². The number of rotatable bonds is 6. The van der Waals surface area contributed by atoms with Gasteiger partial charge in [-0.05, 0) is 30.5 Å². The molecular formula is C17H22N6O. The van der Waals surface area contributed by atoms with Crippen LogP contribution in [0.1, 0.15) is 18.2 Å². The van der Waals surface area contributed by atoms with Gasteiger partial charge in [0.1, 0.15) is 5.65 Å². The minimum absolute atomic E-state index is 0.185. The number of aryl methyl sites for hydroxylation is 1. The van der Waals surface area contributed by atoms with Crippen molar-refractivity contribution in [2.45, 2.75) is 26.9 Å². The number of nitrogens with one attached hydrogen (secondary N) is 2. The molecule has 0 aromatic carbocycles. The molecule has 1 unspecified atom stereocenters. The lowest BCUT2D eigenvalue weighted by molar-refractivity contribution is 0.238. The van der Waals surface area contributed by atoms with Gasteiger partial charge in [-0.3, -0.25) is 4.68 Å². The highest BCUT2D eigenvalue weighted by Gasteiger charge is 2.07. The standard InChI is InChI=1S/C17H22N6O/c1-13-4-5-16-21-15(12-22(16)10-13)9-19-17(24)18-8-14(2)11-23-7-3-6-20-23/h3-7,10,12,14H,8-9,11H2,1-2H3,(H2,18,19,24). The second kappa shape index (κ2) is 7.16. The van der Waals surface area contributed by atoms with Gasteiger partial charge in [-0.1, -0.05) is 13.0 Å². The Morgan fingerprint density at radius 1 is 1.29 bits per heavy atom. The second-order valence-corrected chi connectivity index (χ2v) is 6.10. The van der Waals surface area contributed by atoms with Crippen LogP contribution in [0.4, 0.5) is 4.79 Å². The number of fused-ring (bicyclic) bond motifs is 1. The lowest BCUT2D eigenvalue weighted by atomic mass is 10.2. The first kappa shape index (κ1) is 16.0. The van der Waals surface area contributed by atoms with Crippen LogP contribution in [0, 0.1) is 12.8 Å². The molecular weight excluding hydrogens is 304 g/mol. The fourth-order valence-electron chi connectivity index (χ4n) is 2.53. The molecule has 0 aliphatic carbocycles. The summed E-state index contributed by atoms with van der Waals surface area (Å²) in [5.74, 6) is 0.300. The van der Waals surface area contributed by atoms with Gasteiger partial charge in [-0.15, -0.1) is 0 Å². The minimum Gasteiger partial charge on any atom is -0.338 e. The van der Waals surface area contributed by atoms with E-state index >= 15 is 0 Å². The number of pyridine rings is 1. The van der Waals surface area contributed by atoms with Crippen LogP contribution in [0.15, 0.2) is 43.0 Å². The maximum atomic E-state index is 11.9. The lowest BCUT2D eigenvalue weighted by Gasteiger charge is -2.13. The number of hydrogen-bond donors (Lipinski definition) is 2. The van der Waals surface area contributed by atoms with Gasteiger partial charge in [-0.25, -0.2) is 9.78 Å². The highest BCUT2D eigenvalue weighted by Crippen LogP contribution is 2.07. The van der Waals surface area contributed by atoms with Crippen molar-refractivity contribution in [2.24, 2.45) is 5.92 Å². The van der Waals surface area contributed by atoms with Gasteiger partial charge >= 0.3 is 6.03 Å². The van der Waals surface area contributed by atoms with E-state index in [0.717, 1.165) is 17.9 Å². The molecule has 126 valence electrons. The quantitative estimate of drug-likeness (QED) is 0.727. The van der Waals surface area contributed by atoms with Gasteiger partial charge in [0.25, 0.3) is 0 Å². The normalized spacial score (nSPS) is 12.2. The molecule has 3 heterocycles. The summed E-state index contributed by atoms with van der Waals surface area (Å²) in [4.78, 5) is 16.4. The van der Waals surface area contributed by atoms with Crippen LogP contribution in [0.2, 0.25) is 0 Å². The third kappa shape index (κ3) is 4.13. The van der Waals surface area contributed by atoms with Crippen LogP contribution in [0.5, 0.6) is 0 Å². The fraction of sp³-hybridized carbons (Fsp3) is 0.353. The Kier molecular flexibility index (Phi) is 4.79. The molecule has 0 spiro atoms. The molecule has 3 rings (SSSR count). The number of aromatic nitrogens is 4. The fourth-order valence-corrected chi connectivity index (χ4v) is 2.53. The van der Waals surface area contributed by atoms with E-state index in [4.69, 9.17) is 0 Å². The number of imidazole rings is 1. The van der Waals surface area contributed by atoms with Crippen LogP contribution in [0.25, 0.3) is 5.65 Å². The Morgan fingerprint density at radius 3 is 2.96 bits per heavy atom. The van der Waals surface area contributed by atoms with E-state index < -0.39 is 0 Å². The molecule has 0 bridgehead atoms. The monoisotopic (exact) mass is 326 g/mol. The summed E-state index contributed by atoms with van der Waals surface area (Å²) in [5.41, 5.74) is 2.88. The van der Waals surface area contributed by atoms with Crippen molar-refractivity contribution >= 4 is 11.7 Å². The van der Waals surface area contributed by atoms with Crippen molar-refractivity contribution < 1.29 is 4.79 Å². The summed E-state index contributed by atoms with van der Waals surface area (Å²) >= 11 is 0. The third-order valence-electron chi connectivity index (χ3n) is 3.75. The number of carbonyl (C=O) groups is 1. The number of hydrogen-bond acceptors (Lipinski definition) is 3. The first-order chi connectivity index (χ1) is 11.6. The highest BCUT2D eigenvalue weighted by atomic mass is 16.2. The Balaban J connectivity index is 1.44. The third-order valence-corrected chi connectivity index (χ3v) is 3.75. The van der Waals surface area contributed by atoms with E-state index in [9.17, 15) is 4.79 Å². The molecule has 0 fully saturated rings. The van der Waals surface area contributed by atoms with Crippen LogP contribution < -0.4 is 10.6 Å². The van der Waals surface area contributed by atoms with Crippen molar-refractivity contribution in [3.05, 3.63) is 54.2 Å².